The number of hydrogen-bond acceptors (Lipinski definition) is 7. The van der Waals surface area contributed by atoms with Crippen LogP contribution in [-0.2, 0) is 10.1 Å². The summed E-state index contributed by atoms with van der Waals surface area (Å²) in [6.07, 6.45) is 1.60. The van der Waals surface area contributed by atoms with Crippen molar-refractivity contribution in [2.75, 3.05) is 5.73 Å². The standard InChI is InChI=1S/C27H18N4O3S2.Na/c28-26-19-8-2-1-7-18(19)25(36(32,33)34)14-23(26)31-30-16-12-13-22(29-15-16)21-10-5-9-20-17-6-3-4-11-24(17)35-27(20)21;/h1-15H,28H2,(H,32,33,34);. The summed E-state index contributed by atoms with van der Waals surface area (Å²) in [5.41, 5.74) is 8.96. The summed E-state index contributed by atoms with van der Waals surface area (Å²) in [5, 5.41) is 11.6. The van der Waals surface area contributed by atoms with Gasteiger partial charge in [0.05, 0.1) is 17.6 Å². The molecule has 2 aromatic heterocycles. The van der Waals surface area contributed by atoms with Gasteiger partial charge in [0.25, 0.3) is 10.1 Å². The molecule has 4 aromatic carbocycles. The number of thiophene rings is 1. The van der Waals surface area contributed by atoms with Gasteiger partial charge in [0.15, 0.2) is 0 Å². The molecule has 0 aliphatic carbocycles. The van der Waals surface area contributed by atoms with E-state index in [0.717, 1.165) is 11.3 Å². The summed E-state index contributed by atoms with van der Waals surface area (Å²) in [6.45, 7) is 0. The largest absolute Gasteiger partial charge is 0.396 e. The summed E-state index contributed by atoms with van der Waals surface area (Å²) in [7, 11) is -4.48. The summed E-state index contributed by atoms with van der Waals surface area (Å²) in [5.74, 6) is 0. The quantitative estimate of drug-likeness (QED) is 0.108. The first-order valence-corrected chi connectivity index (χ1v) is 13.2. The second-order valence-electron chi connectivity index (χ2n) is 8.21. The van der Waals surface area contributed by atoms with Crippen LogP contribution in [0, 0.1) is 0 Å². The molecular weight excluding hydrogens is 515 g/mol. The first-order chi connectivity index (χ1) is 17.4. The summed E-state index contributed by atoms with van der Waals surface area (Å²) < 4.78 is 36.0. The minimum absolute atomic E-state index is 0. The maximum Gasteiger partial charge on any atom is 0.295 e. The topological polar surface area (TPSA) is 118 Å². The predicted octanol–water partition coefficient (Wildman–Crippen LogP) is 7.13. The van der Waals surface area contributed by atoms with E-state index in [0.29, 0.717) is 16.5 Å². The van der Waals surface area contributed by atoms with Crippen LogP contribution in [0.1, 0.15) is 0 Å². The third-order valence-corrected chi connectivity index (χ3v) is 8.12. The number of nitrogens with two attached hydrogens (primary N) is 1. The molecule has 0 aliphatic heterocycles. The van der Waals surface area contributed by atoms with Crippen molar-refractivity contribution >= 4 is 99.0 Å². The van der Waals surface area contributed by atoms with Gasteiger partial charge in [0.2, 0.25) is 0 Å². The average molecular weight is 534 g/mol. The minimum Gasteiger partial charge on any atom is -0.396 e. The van der Waals surface area contributed by atoms with Gasteiger partial charge in [0, 0.05) is 66.1 Å². The van der Waals surface area contributed by atoms with Crippen LogP contribution in [0.5, 0.6) is 0 Å². The maximum absolute atomic E-state index is 11.9. The predicted molar refractivity (Wildman–Crippen MR) is 151 cm³/mol. The van der Waals surface area contributed by atoms with E-state index >= 15 is 0 Å². The fraction of sp³-hybridized carbons (Fsp3) is 0. The SMILES string of the molecule is Nc1c(N=Nc2ccc(-c3cccc4c3sc3ccccc34)nc2)cc(S(=O)(=O)O)c2ccccc12.[Na]. The van der Waals surface area contributed by atoms with Crippen LogP contribution >= 0.6 is 11.3 Å². The van der Waals surface area contributed by atoms with Crippen molar-refractivity contribution in [1.82, 2.24) is 4.98 Å². The number of nitrogen functional groups attached to an aromatic ring is 1. The molecule has 0 spiro atoms. The number of rotatable bonds is 4. The maximum atomic E-state index is 11.9. The van der Waals surface area contributed by atoms with Crippen molar-refractivity contribution in [1.29, 1.82) is 0 Å². The number of azo groups is 1. The Hall–Kier alpha value is -3.18. The van der Waals surface area contributed by atoms with Gasteiger partial charge < -0.3 is 5.73 Å². The number of benzene rings is 4. The molecule has 6 rings (SSSR count). The van der Waals surface area contributed by atoms with Crippen LogP contribution in [0.2, 0.25) is 0 Å². The molecule has 37 heavy (non-hydrogen) atoms. The Morgan fingerprint density at radius 1 is 0.811 bits per heavy atom. The Bertz CT molecular complexity index is 1940. The molecule has 0 saturated carbocycles. The van der Waals surface area contributed by atoms with E-state index in [4.69, 9.17) is 5.73 Å². The van der Waals surface area contributed by atoms with Crippen molar-refractivity contribution < 1.29 is 13.0 Å². The van der Waals surface area contributed by atoms with Gasteiger partial charge in [-0.2, -0.15) is 8.42 Å². The van der Waals surface area contributed by atoms with E-state index in [9.17, 15) is 13.0 Å². The summed E-state index contributed by atoms with van der Waals surface area (Å²) in [6, 6.07) is 26.1. The van der Waals surface area contributed by atoms with Gasteiger partial charge in [-0.3, -0.25) is 9.54 Å². The van der Waals surface area contributed by atoms with E-state index in [2.05, 4.69) is 33.4 Å². The molecule has 1 radical (unpaired) electrons. The Morgan fingerprint density at radius 3 is 2.24 bits per heavy atom. The first kappa shape index (κ1) is 25.5. The third kappa shape index (κ3) is 4.66. The molecular formula is C27H18N4NaO3S2. The van der Waals surface area contributed by atoms with E-state index < -0.39 is 10.1 Å². The van der Waals surface area contributed by atoms with Gasteiger partial charge in [0.1, 0.15) is 16.3 Å². The molecule has 0 aliphatic rings. The second kappa shape index (κ2) is 9.94. The number of nitrogens with zero attached hydrogens (tertiary/aromatic N) is 3. The smallest absolute Gasteiger partial charge is 0.295 e. The van der Waals surface area contributed by atoms with Gasteiger partial charge in [-0.05, 0) is 24.3 Å². The minimum atomic E-state index is -4.48. The fourth-order valence-electron chi connectivity index (χ4n) is 4.31. The van der Waals surface area contributed by atoms with Crippen molar-refractivity contribution in [3.05, 3.63) is 91.1 Å². The van der Waals surface area contributed by atoms with Crippen molar-refractivity contribution in [2.45, 2.75) is 4.90 Å². The molecule has 177 valence electrons. The zero-order valence-corrected chi connectivity index (χ0v) is 23.3. The number of anilines is 1. The zero-order valence-electron chi connectivity index (χ0n) is 19.7. The van der Waals surface area contributed by atoms with Crippen LogP contribution in [0.25, 0.3) is 42.2 Å². The van der Waals surface area contributed by atoms with E-state index in [-0.39, 0.29) is 45.8 Å². The van der Waals surface area contributed by atoms with Crippen molar-refractivity contribution in [3.8, 4) is 11.3 Å². The molecule has 2 heterocycles. The fourth-order valence-corrected chi connectivity index (χ4v) is 6.25. The summed E-state index contributed by atoms with van der Waals surface area (Å²) >= 11 is 1.74. The molecule has 7 nitrogen and oxygen atoms in total. The Kier molecular flexibility index (Phi) is 6.84. The van der Waals surface area contributed by atoms with Gasteiger partial charge in [-0.25, -0.2) is 0 Å². The van der Waals surface area contributed by atoms with Crippen LogP contribution in [-0.4, -0.2) is 47.5 Å². The van der Waals surface area contributed by atoms with Crippen LogP contribution in [0.4, 0.5) is 17.1 Å². The Morgan fingerprint density at radius 2 is 1.51 bits per heavy atom. The number of hydrogen-bond donors (Lipinski definition) is 2. The average Bonchev–Trinajstić information content (AvgIpc) is 3.27. The zero-order chi connectivity index (χ0) is 24.9. The molecule has 0 amide bonds. The van der Waals surface area contributed by atoms with Crippen LogP contribution in [0.15, 0.2) is 106 Å². The van der Waals surface area contributed by atoms with Gasteiger partial charge >= 0.3 is 0 Å². The van der Waals surface area contributed by atoms with Crippen LogP contribution < -0.4 is 5.73 Å². The summed E-state index contributed by atoms with van der Waals surface area (Å²) in [4.78, 5) is 4.32. The number of aromatic nitrogens is 1. The number of pyridine rings is 1. The van der Waals surface area contributed by atoms with Crippen LogP contribution in [0.3, 0.4) is 0 Å². The normalized spacial score (nSPS) is 11.9. The van der Waals surface area contributed by atoms with Gasteiger partial charge in [-0.1, -0.05) is 60.7 Å². The molecule has 3 N–H and O–H groups in total. The number of fused-ring (bicyclic) bond motifs is 4. The monoisotopic (exact) mass is 533 g/mol. The molecule has 0 bridgehead atoms. The second-order valence-corrected chi connectivity index (χ2v) is 10.7. The molecule has 0 fully saturated rings. The first-order valence-electron chi connectivity index (χ1n) is 11.0. The molecule has 0 saturated heterocycles. The van der Waals surface area contributed by atoms with E-state index in [1.165, 1.54) is 26.2 Å². The van der Waals surface area contributed by atoms with Crippen molar-refractivity contribution in [3.63, 3.8) is 0 Å². The van der Waals surface area contributed by atoms with Crippen molar-refractivity contribution in [2.24, 2.45) is 10.2 Å². The van der Waals surface area contributed by atoms with E-state index in [1.54, 1.807) is 47.9 Å². The Labute approximate surface area is 238 Å². The van der Waals surface area contributed by atoms with E-state index in [1.807, 2.05) is 30.3 Å². The Balaban J connectivity index is 0.00000280. The molecule has 0 atom stereocenters. The van der Waals surface area contributed by atoms with Gasteiger partial charge in [-0.15, -0.1) is 21.6 Å². The molecule has 10 heteroatoms. The third-order valence-electron chi connectivity index (χ3n) is 6.01. The molecule has 0 unspecified atom stereocenters. The molecule has 6 aromatic rings.